The van der Waals surface area contributed by atoms with Crippen LogP contribution in [0.5, 0.6) is 0 Å². The molecule has 0 unspecified atom stereocenters. The molecule has 0 saturated heterocycles. The Morgan fingerprint density at radius 3 is 1.80 bits per heavy atom. The maximum absolute atomic E-state index is 13.6. The average molecular weight is 478 g/mol. The third kappa shape index (κ3) is 5.45. The largest absolute Gasteiger partial charge is 0.463 e. The Labute approximate surface area is 209 Å². The monoisotopic (exact) mass is 477 g/mol. The summed E-state index contributed by atoms with van der Waals surface area (Å²) in [5.41, 5.74) is 1.27. The van der Waals surface area contributed by atoms with Crippen LogP contribution in [0.4, 0.5) is 0 Å². The maximum atomic E-state index is 13.6. The lowest BCUT2D eigenvalue weighted by molar-refractivity contribution is -0.152. The zero-order valence-electron chi connectivity index (χ0n) is 21.0. The van der Waals surface area contributed by atoms with Gasteiger partial charge in [0.2, 0.25) is 5.91 Å². The molecule has 0 atom stereocenters. The Hall–Kier alpha value is -2.66. The summed E-state index contributed by atoms with van der Waals surface area (Å²) < 4.78 is 11.5. The summed E-state index contributed by atoms with van der Waals surface area (Å²) in [6.45, 7) is 4.24. The van der Waals surface area contributed by atoms with E-state index in [1.54, 1.807) is 0 Å². The molecule has 0 bridgehead atoms. The molecule has 0 radical (unpaired) electrons. The number of esters is 1. The SMILES string of the molecule is CCN(CCOCCOC(=O)C1(c2ccccc2)CCCC1)C(=O)C1(c2ccccc2)CCCC1. The van der Waals surface area contributed by atoms with Gasteiger partial charge >= 0.3 is 5.97 Å². The molecule has 35 heavy (non-hydrogen) atoms. The van der Waals surface area contributed by atoms with Crippen LogP contribution in [0.2, 0.25) is 0 Å². The second-order valence-electron chi connectivity index (χ2n) is 9.94. The highest BCUT2D eigenvalue weighted by Gasteiger charge is 2.45. The zero-order chi connectivity index (χ0) is 24.6. The molecule has 2 aromatic rings. The first-order valence-electron chi connectivity index (χ1n) is 13.3. The van der Waals surface area contributed by atoms with Gasteiger partial charge in [0.15, 0.2) is 0 Å². The lowest BCUT2D eigenvalue weighted by Gasteiger charge is -2.34. The minimum absolute atomic E-state index is 0.138. The van der Waals surface area contributed by atoms with Crippen LogP contribution in [0.3, 0.4) is 0 Å². The Morgan fingerprint density at radius 2 is 1.26 bits per heavy atom. The van der Waals surface area contributed by atoms with E-state index in [1.807, 2.05) is 60.4 Å². The molecule has 0 aliphatic heterocycles. The number of hydrogen-bond donors (Lipinski definition) is 0. The summed E-state index contributed by atoms with van der Waals surface area (Å²) in [5, 5.41) is 0. The number of carbonyl (C=O) groups is 2. The number of ether oxygens (including phenoxy) is 2. The van der Waals surface area contributed by atoms with Crippen molar-refractivity contribution in [1.82, 2.24) is 4.90 Å². The fourth-order valence-electron chi connectivity index (χ4n) is 6.02. The Kier molecular flexibility index (Phi) is 8.61. The summed E-state index contributed by atoms with van der Waals surface area (Å²) >= 11 is 0. The smallest absolute Gasteiger partial charge is 0.316 e. The first kappa shape index (κ1) is 25.4. The van der Waals surface area contributed by atoms with Gasteiger partial charge in [-0.05, 0) is 43.7 Å². The molecule has 5 heteroatoms. The van der Waals surface area contributed by atoms with Gasteiger partial charge in [-0.3, -0.25) is 9.59 Å². The third-order valence-electron chi connectivity index (χ3n) is 8.00. The summed E-state index contributed by atoms with van der Waals surface area (Å²) in [5.74, 6) is 0.0750. The molecule has 2 aliphatic carbocycles. The highest BCUT2D eigenvalue weighted by Crippen LogP contribution is 2.43. The molecule has 188 valence electrons. The van der Waals surface area contributed by atoms with Crippen LogP contribution in [0.25, 0.3) is 0 Å². The van der Waals surface area contributed by atoms with Gasteiger partial charge in [0, 0.05) is 13.1 Å². The van der Waals surface area contributed by atoms with Crippen LogP contribution in [-0.2, 0) is 29.9 Å². The van der Waals surface area contributed by atoms with Crippen molar-refractivity contribution in [3.8, 4) is 0 Å². The molecule has 0 N–H and O–H groups in total. The van der Waals surface area contributed by atoms with Crippen LogP contribution in [0.15, 0.2) is 60.7 Å². The predicted molar refractivity (Wildman–Crippen MR) is 137 cm³/mol. The molecule has 0 aromatic heterocycles. The highest BCUT2D eigenvalue weighted by atomic mass is 16.6. The molecule has 4 rings (SSSR count). The van der Waals surface area contributed by atoms with E-state index in [1.165, 1.54) is 0 Å². The molecule has 2 aromatic carbocycles. The number of rotatable bonds is 11. The number of hydrogen-bond acceptors (Lipinski definition) is 4. The van der Waals surface area contributed by atoms with Crippen molar-refractivity contribution < 1.29 is 19.1 Å². The molecule has 5 nitrogen and oxygen atoms in total. The van der Waals surface area contributed by atoms with E-state index in [9.17, 15) is 9.59 Å². The van der Waals surface area contributed by atoms with Crippen molar-refractivity contribution in [3.63, 3.8) is 0 Å². The molecule has 1 amide bonds. The first-order valence-corrected chi connectivity index (χ1v) is 13.3. The minimum atomic E-state index is -0.514. The summed E-state index contributed by atoms with van der Waals surface area (Å²) in [7, 11) is 0. The van der Waals surface area contributed by atoms with Crippen molar-refractivity contribution in [2.24, 2.45) is 0 Å². The number of amides is 1. The van der Waals surface area contributed by atoms with Crippen molar-refractivity contribution >= 4 is 11.9 Å². The lowest BCUT2D eigenvalue weighted by Crippen LogP contribution is -2.46. The predicted octanol–water partition coefficient (Wildman–Crippen LogP) is 5.42. The van der Waals surface area contributed by atoms with Gasteiger partial charge < -0.3 is 14.4 Å². The number of nitrogens with zero attached hydrogens (tertiary/aromatic N) is 1. The quantitative estimate of drug-likeness (QED) is 0.320. The van der Waals surface area contributed by atoms with Crippen LogP contribution in [-0.4, -0.2) is 49.7 Å². The summed E-state index contributed by atoms with van der Waals surface area (Å²) in [6, 6.07) is 20.3. The topological polar surface area (TPSA) is 55.8 Å². The molecule has 2 fully saturated rings. The summed E-state index contributed by atoms with van der Waals surface area (Å²) in [4.78, 5) is 28.6. The fourth-order valence-corrected chi connectivity index (χ4v) is 6.02. The van der Waals surface area contributed by atoms with Crippen LogP contribution in [0.1, 0.15) is 69.4 Å². The number of likely N-dealkylation sites (N-methyl/N-ethyl adjacent to an activating group) is 1. The second-order valence-corrected chi connectivity index (χ2v) is 9.94. The second kappa shape index (κ2) is 11.9. The first-order chi connectivity index (χ1) is 17.1. The molecule has 2 aliphatic rings. The van der Waals surface area contributed by atoms with Gasteiger partial charge in [0.25, 0.3) is 0 Å². The zero-order valence-corrected chi connectivity index (χ0v) is 21.0. The van der Waals surface area contributed by atoms with E-state index in [2.05, 4.69) is 12.1 Å². The van der Waals surface area contributed by atoms with E-state index in [0.717, 1.165) is 62.5 Å². The van der Waals surface area contributed by atoms with Crippen molar-refractivity contribution in [2.45, 2.75) is 69.1 Å². The Bertz CT molecular complexity index is 947. The van der Waals surface area contributed by atoms with Crippen LogP contribution < -0.4 is 0 Å². The molecular formula is C30H39NO4. The van der Waals surface area contributed by atoms with Gasteiger partial charge in [-0.25, -0.2) is 0 Å². The van der Waals surface area contributed by atoms with Gasteiger partial charge in [-0.1, -0.05) is 86.3 Å². The van der Waals surface area contributed by atoms with Gasteiger partial charge in [-0.15, -0.1) is 0 Å². The summed E-state index contributed by atoms with van der Waals surface area (Å²) in [6.07, 6.45) is 7.77. The van der Waals surface area contributed by atoms with E-state index in [4.69, 9.17) is 9.47 Å². The van der Waals surface area contributed by atoms with Crippen molar-refractivity contribution in [3.05, 3.63) is 71.8 Å². The van der Waals surface area contributed by atoms with E-state index < -0.39 is 10.8 Å². The van der Waals surface area contributed by atoms with Crippen LogP contribution >= 0.6 is 0 Å². The van der Waals surface area contributed by atoms with E-state index in [-0.39, 0.29) is 18.5 Å². The molecule has 0 heterocycles. The minimum Gasteiger partial charge on any atom is -0.463 e. The normalized spacial score (nSPS) is 18.3. The standard InChI is InChI=1S/C30H39NO4/c1-2-31(27(32)29(17-9-10-18-29)25-13-5-3-6-14-25)21-22-34-23-24-35-28(33)30(19-11-12-20-30)26-15-7-4-8-16-26/h3-8,13-16H,2,9-12,17-24H2,1H3. The van der Waals surface area contributed by atoms with Crippen LogP contribution in [0, 0.1) is 0 Å². The average Bonchev–Trinajstić information content (AvgIpc) is 3.61. The van der Waals surface area contributed by atoms with Crippen molar-refractivity contribution in [1.29, 1.82) is 0 Å². The Balaban J connectivity index is 1.25. The van der Waals surface area contributed by atoms with E-state index >= 15 is 0 Å². The van der Waals surface area contributed by atoms with Gasteiger partial charge in [0.1, 0.15) is 6.61 Å². The maximum Gasteiger partial charge on any atom is 0.316 e. The molecule has 2 saturated carbocycles. The Morgan fingerprint density at radius 1 is 0.743 bits per heavy atom. The lowest BCUT2D eigenvalue weighted by atomic mass is 9.77. The highest BCUT2D eigenvalue weighted by molar-refractivity contribution is 5.88. The van der Waals surface area contributed by atoms with Gasteiger partial charge in [0.05, 0.1) is 24.0 Å². The fraction of sp³-hybridized carbons (Fsp3) is 0.533. The van der Waals surface area contributed by atoms with E-state index in [0.29, 0.717) is 26.3 Å². The van der Waals surface area contributed by atoms with Gasteiger partial charge in [-0.2, -0.15) is 0 Å². The molecular weight excluding hydrogens is 438 g/mol. The molecule has 0 spiro atoms. The number of benzene rings is 2. The number of carbonyl (C=O) groups excluding carboxylic acids is 2. The van der Waals surface area contributed by atoms with Crippen molar-refractivity contribution in [2.75, 3.05) is 32.9 Å². The third-order valence-corrected chi connectivity index (χ3v) is 8.00.